The number of carbonyl (C=O) groups excluding carboxylic acids is 1. The van der Waals surface area contributed by atoms with Crippen LogP contribution in [0.4, 0.5) is 0 Å². The number of hydrogen-bond acceptors (Lipinski definition) is 4. The highest BCUT2D eigenvalue weighted by Crippen LogP contribution is 2.23. The lowest BCUT2D eigenvalue weighted by Gasteiger charge is -2.06. The van der Waals surface area contributed by atoms with Gasteiger partial charge in [0.25, 0.3) is 0 Å². The zero-order chi connectivity index (χ0) is 15.1. The van der Waals surface area contributed by atoms with Crippen molar-refractivity contribution in [3.8, 4) is 17.0 Å². The number of benzene rings is 1. The molecule has 0 bridgehead atoms. The smallest absolute Gasteiger partial charge is 0.153 e. The molecule has 0 aliphatic rings. The van der Waals surface area contributed by atoms with Crippen molar-refractivity contribution in [3.63, 3.8) is 0 Å². The molecule has 1 heterocycles. The molecule has 0 N–H and O–H groups in total. The summed E-state index contributed by atoms with van der Waals surface area (Å²) >= 11 is 0. The summed E-state index contributed by atoms with van der Waals surface area (Å²) < 4.78 is 12.3. The third-order valence-corrected chi connectivity index (χ3v) is 3.05. The number of aldehydes is 1. The average molecular weight is 288 g/mol. The summed E-state index contributed by atoms with van der Waals surface area (Å²) in [7, 11) is 1.64. The maximum atomic E-state index is 11.2. The quantitative estimate of drug-likeness (QED) is 0.553. The Balaban J connectivity index is 2.15. The molecule has 21 heavy (non-hydrogen) atoms. The summed E-state index contributed by atoms with van der Waals surface area (Å²) in [6.45, 7) is 3.95. The number of carbonyl (C=O) groups is 1. The first-order valence-electron chi connectivity index (χ1n) is 7.03. The summed E-state index contributed by atoms with van der Waals surface area (Å²) in [4.78, 5) is 11.2. The van der Waals surface area contributed by atoms with Crippen LogP contribution in [0.15, 0.2) is 30.5 Å². The van der Waals surface area contributed by atoms with E-state index < -0.39 is 0 Å². The number of aromatic nitrogens is 2. The first kappa shape index (κ1) is 15.3. The van der Waals surface area contributed by atoms with Gasteiger partial charge in [-0.3, -0.25) is 9.48 Å². The second kappa shape index (κ2) is 7.59. The Morgan fingerprint density at radius 3 is 2.62 bits per heavy atom. The lowest BCUT2D eigenvalue weighted by atomic mass is 10.1. The molecular formula is C16H20N2O3. The van der Waals surface area contributed by atoms with Gasteiger partial charge in [-0.2, -0.15) is 5.10 Å². The highest BCUT2D eigenvalue weighted by atomic mass is 16.5. The summed E-state index contributed by atoms with van der Waals surface area (Å²) in [6, 6.07) is 7.57. The SMILES string of the molecule is CCCn1cc(C=O)c(-c2ccc(OCCOC)cc2)n1. The summed E-state index contributed by atoms with van der Waals surface area (Å²) in [5.74, 6) is 0.774. The van der Waals surface area contributed by atoms with Crippen molar-refractivity contribution in [2.45, 2.75) is 19.9 Å². The molecule has 5 nitrogen and oxygen atoms in total. The van der Waals surface area contributed by atoms with Gasteiger partial charge in [0.1, 0.15) is 18.1 Å². The minimum atomic E-state index is 0.514. The Bertz CT molecular complexity index is 576. The van der Waals surface area contributed by atoms with Crippen LogP contribution in [-0.2, 0) is 11.3 Å². The zero-order valence-corrected chi connectivity index (χ0v) is 12.4. The van der Waals surface area contributed by atoms with E-state index in [1.807, 2.05) is 28.9 Å². The van der Waals surface area contributed by atoms with Crippen LogP contribution >= 0.6 is 0 Å². The van der Waals surface area contributed by atoms with Crippen molar-refractivity contribution in [3.05, 3.63) is 36.0 Å². The molecule has 0 fully saturated rings. The fraction of sp³-hybridized carbons (Fsp3) is 0.375. The molecule has 0 aliphatic heterocycles. The van der Waals surface area contributed by atoms with Crippen LogP contribution in [0.2, 0.25) is 0 Å². The maximum Gasteiger partial charge on any atom is 0.153 e. The molecule has 5 heteroatoms. The summed E-state index contributed by atoms with van der Waals surface area (Å²) in [6.07, 6.45) is 3.61. The first-order chi connectivity index (χ1) is 10.3. The van der Waals surface area contributed by atoms with Crippen molar-refractivity contribution < 1.29 is 14.3 Å². The molecule has 0 spiro atoms. The van der Waals surface area contributed by atoms with E-state index in [9.17, 15) is 4.79 Å². The Kier molecular flexibility index (Phi) is 5.51. The van der Waals surface area contributed by atoms with Gasteiger partial charge in [0.15, 0.2) is 6.29 Å². The van der Waals surface area contributed by atoms with Crippen LogP contribution < -0.4 is 4.74 Å². The van der Waals surface area contributed by atoms with E-state index in [1.165, 1.54) is 0 Å². The van der Waals surface area contributed by atoms with Crippen molar-refractivity contribution >= 4 is 6.29 Å². The highest BCUT2D eigenvalue weighted by molar-refractivity contribution is 5.85. The number of aryl methyl sites for hydroxylation is 1. The van der Waals surface area contributed by atoms with Gasteiger partial charge in [-0.05, 0) is 30.7 Å². The molecule has 1 aromatic carbocycles. The topological polar surface area (TPSA) is 53.4 Å². The molecular weight excluding hydrogens is 268 g/mol. The van der Waals surface area contributed by atoms with Crippen molar-refractivity contribution in [2.75, 3.05) is 20.3 Å². The minimum Gasteiger partial charge on any atom is -0.491 e. The van der Waals surface area contributed by atoms with E-state index in [1.54, 1.807) is 13.3 Å². The van der Waals surface area contributed by atoms with Gasteiger partial charge >= 0.3 is 0 Å². The number of methoxy groups -OCH3 is 1. The number of hydrogen-bond donors (Lipinski definition) is 0. The van der Waals surface area contributed by atoms with E-state index in [4.69, 9.17) is 9.47 Å². The number of ether oxygens (including phenoxy) is 2. The van der Waals surface area contributed by atoms with Crippen LogP contribution in [0.1, 0.15) is 23.7 Å². The summed E-state index contributed by atoms with van der Waals surface area (Å²) in [5.41, 5.74) is 2.23. The van der Waals surface area contributed by atoms with Crippen LogP contribution in [0.25, 0.3) is 11.3 Å². The fourth-order valence-corrected chi connectivity index (χ4v) is 2.04. The van der Waals surface area contributed by atoms with E-state index in [2.05, 4.69) is 12.0 Å². The Morgan fingerprint density at radius 1 is 1.24 bits per heavy atom. The number of nitrogens with zero attached hydrogens (tertiary/aromatic N) is 2. The van der Waals surface area contributed by atoms with Crippen molar-refractivity contribution in [1.82, 2.24) is 9.78 Å². The Labute approximate surface area is 124 Å². The standard InChI is InChI=1S/C16H20N2O3/c1-3-8-18-11-14(12-19)16(17-18)13-4-6-15(7-5-13)21-10-9-20-2/h4-7,11-12H,3,8-10H2,1-2H3. The fourth-order valence-electron chi connectivity index (χ4n) is 2.04. The predicted octanol–water partition coefficient (Wildman–Crippen LogP) is 2.80. The highest BCUT2D eigenvalue weighted by Gasteiger charge is 2.10. The van der Waals surface area contributed by atoms with Crippen LogP contribution in [0.3, 0.4) is 0 Å². The van der Waals surface area contributed by atoms with Crippen LogP contribution in [-0.4, -0.2) is 36.4 Å². The monoisotopic (exact) mass is 288 g/mol. The van der Waals surface area contributed by atoms with Gasteiger partial charge in [-0.25, -0.2) is 0 Å². The second-order valence-corrected chi connectivity index (χ2v) is 4.68. The van der Waals surface area contributed by atoms with Crippen LogP contribution in [0.5, 0.6) is 5.75 Å². The molecule has 0 radical (unpaired) electrons. The van der Waals surface area contributed by atoms with E-state index in [0.29, 0.717) is 24.5 Å². The van der Waals surface area contributed by atoms with Gasteiger partial charge in [0.2, 0.25) is 0 Å². The van der Waals surface area contributed by atoms with Gasteiger partial charge in [0, 0.05) is 25.4 Å². The summed E-state index contributed by atoms with van der Waals surface area (Å²) in [5, 5.41) is 4.47. The van der Waals surface area contributed by atoms with Crippen LogP contribution in [0, 0.1) is 0 Å². The molecule has 0 atom stereocenters. The zero-order valence-electron chi connectivity index (χ0n) is 12.4. The van der Waals surface area contributed by atoms with Crippen molar-refractivity contribution in [2.24, 2.45) is 0 Å². The van der Waals surface area contributed by atoms with Gasteiger partial charge < -0.3 is 9.47 Å². The van der Waals surface area contributed by atoms with Gasteiger partial charge in [-0.15, -0.1) is 0 Å². The molecule has 0 amide bonds. The first-order valence-corrected chi connectivity index (χ1v) is 7.03. The normalized spacial score (nSPS) is 10.6. The van der Waals surface area contributed by atoms with E-state index in [0.717, 1.165) is 30.6 Å². The van der Waals surface area contributed by atoms with Crippen molar-refractivity contribution in [1.29, 1.82) is 0 Å². The molecule has 2 aromatic rings. The number of rotatable bonds is 8. The van der Waals surface area contributed by atoms with E-state index >= 15 is 0 Å². The third-order valence-electron chi connectivity index (χ3n) is 3.05. The molecule has 0 aliphatic carbocycles. The lowest BCUT2D eigenvalue weighted by Crippen LogP contribution is -2.03. The molecule has 0 unspecified atom stereocenters. The van der Waals surface area contributed by atoms with Gasteiger partial charge in [0.05, 0.1) is 12.2 Å². The van der Waals surface area contributed by atoms with Gasteiger partial charge in [-0.1, -0.05) is 6.92 Å². The molecule has 2 rings (SSSR count). The largest absolute Gasteiger partial charge is 0.491 e. The molecule has 0 saturated heterocycles. The maximum absolute atomic E-state index is 11.2. The molecule has 112 valence electrons. The lowest BCUT2D eigenvalue weighted by molar-refractivity contribution is 0.112. The minimum absolute atomic E-state index is 0.514. The van der Waals surface area contributed by atoms with E-state index in [-0.39, 0.29) is 0 Å². The predicted molar refractivity (Wildman–Crippen MR) is 80.7 cm³/mol. The Morgan fingerprint density at radius 2 is 2.00 bits per heavy atom. The average Bonchev–Trinajstić information content (AvgIpc) is 2.92. The Hall–Kier alpha value is -2.14. The third kappa shape index (κ3) is 3.92. The molecule has 1 aromatic heterocycles. The second-order valence-electron chi connectivity index (χ2n) is 4.68. The molecule has 0 saturated carbocycles.